The van der Waals surface area contributed by atoms with E-state index in [1.807, 2.05) is 9.80 Å². The molecule has 4 fully saturated rings. The molecule has 1 saturated carbocycles. The molecule has 7 nitrogen and oxygen atoms in total. The van der Waals surface area contributed by atoms with Crippen molar-refractivity contribution >= 4 is 28.3 Å². The lowest BCUT2D eigenvalue weighted by Gasteiger charge is -2.31. The third-order valence-electron chi connectivity index (χ3n) is 6.90. The van der Waals surface area contributed by atoms with Gasteiger partial charge in [-0.05, 0) is 25.8 Å². The molecule has 0 radical (unpaired) electrons. The van der Waals surface area contributed by atoms with Gasteiger partial charge in [0.15, 0.2) is 11.0 Å². The SMILES string of the molecule is [2H]C([2H])(Oc1nc(N2CCOC[C@H]3C[C@H]32)c2cnc(Cl)c(F)c2n1)[C@@]12CCCN1C[C@H](F)C2. The monoisotopic (exact) mass is 453 g/mol. The third kappa shape index (κ3) is 3.32. The molecule has 2 aromatic rings. The van der Waals surface area contributed by atoms with Crippen molar-refractivity contribution in [1.82, 2.24) is 19.9 Å². The topological polar surface area (TPSA) is 63.6 Å². The zero-order valence-corrected chi connectivity index (χ0v) is 17.6. The Balaban J connectivity index is 1.43. The molecule has 0 amide bonds. The van der Waals surface area contributed by atoms with Gasteiger partial charge in [-0.2, -0.15) is 9.97 Å². The summed E-state index contributed by atoms with van der Waals surface area (Å²) in [5.41, 5.74) is -1.18. The molecule has 2 aromatic heterocycles. The van der Waals surface area contributed by atoms with Crippen LogP contribution in [0.15, 0.2) is 6.20 Å². The van der Waals surface area contributed by atoms with Crippen molar-refractivity contribution in [1.29, 1.82) is 0 Å². The van der Waals surface area contributed by atoms with E-state index in [1.54, 1.807) is 0 Å². The van der Waals surface area contributed by atoms with Gasteiger partial charge in [0.1, 0.15) is 24.1 Å². The predicted molar refractivity (Wildman–Crippen MR) is 111 cm³/mol. The number of nitrogens with zero attached hydrogens (tertiary/aromatic N) is 5. The molecule has 166 valence electrons. The first kappa shape index (κ1) is 17.7. The Morgan fingerprint density at radius 1 is 1.39 bits per heavy atom. The lowest BCUT2D eigenvalue weighted by molar-refractivity contribution is 0.107. The van der Waals surface area contributed by atoms with Crippen LogP contribution in [0.2, 0.25) is 5.15 Å². The molecule has 4 atom stereocenters. The lowest BCUT2D eigenvalue weighted by atomic mass is 9.95. The first-order valence-electron chi connectivity index (χ1n) is 11.7. The van der Waals surface area contributed by atoms with Crippen LogP contribution in [-0.2, 0) is 4.74 Å². The molecule has 6 rings (SSSR count). The molecule has 4 aliphatic rings. The summed E-state index contributed by atoms with van der Waals surface area (Å²) in [6.07, 6.45) is 2.51. The van der Waals surface area contributed by atoms with Crippen LogP contribution in [-0.4, -0.2) is 77.0 Å². The van der Waals surface area contributed by atoms with E-state index < -0.39 is 24.1 Å². The minimum absolute atomic E-state index is 0.0394. The van der Waals surface area contributed by atoms with Crippen LogP contribution in [0.25, 0.3) is 10.9 Å². The Morgan fingerprint density at radius 2 is 2.29 bits per heavy atom. The first-order valence-corrected chi connectivity index (χ1v) is 11.1. The maximum absolute atomic E-state index is 15.0. The summed E-state index contributed by atoms with van der Waals surface area (Å²) in [7, 11) is 0. The van der Waals surface area contributed by atoms with Gasteiger partial charge in [-0.15, -0.1) is 0 Å². The number of halogens is 3. The van der Waals surface area contributed by atoms with E-state index in [0.29, 0.717) is 49.8 Å². The Hall–Kier alpha value is -1.84. The number of pyridine rings is 1. The smallest absolute Gasteiger partial charge is 0.319 e. The molecule has 1 aliphatic carbocycles. The predicted octanol–water partition coefficient (Wildman–Crippen LogP) is 3.00. The minimum Gasteiger partial charge on any atom is -0.461 e. The van der Waals surface area contributed by atoms with E-state index in [2.05, 4.69) is 15.0 Å². The van der Waals surface area contributed by atoms with Gasteiger partial charge in [0, 0.05) is 37.7 Å². The van der Waals surface area contributed by atoms with Crippen LogP contribution in [0.3, 0.4) is 0 Å². The van der Waals surface area contributed by atoms with E-state index in [-0.39, 0.29) is 35.7 Å². The summed E-state index contributed by atoms with van der Waals surface area (Å²) in [5.74, 6) is -0.0289. The minimum atomic E-state index is -2.27. The second-order valence-corrected chi connectivity index (χ2v) is 9.23. The maximum atomic E-state index is 15.0. The molecule has 5 heterocycles. The van der Waals surface area contributed by atoms with Crippen LogP contribution in [0, 0.1) is 11.7 Å². The molecule has 3 saturated heterocycles. The number of hydrogen-bond acceptors (Lipinski definition) is 7. The van der Waals surface area contributed by atoms with Crippen molar-refractivity contribution in [2.75, 3.05) is 44.3 Å². The number of aromatic nitrogens is 3. The highest BCUT2D eigenvalue weighted by molar-refractivity contribution is 6.30. The quantitative estimate of drug-likeness (QED) is 0.659. The fraction of sp³-hybridized carbons (Fsp3) is 0.667. The largest absolute Gasteiger partial charge is 0.461 e. The van der Waals surface area contributed by atoms with Crippen LogP contribution < -0.4 is 9.64 Å². The number of ether oxygens (including phenoxy) is 2. The molecule has 0 spiro atoms. The second kappa shape index (κ2) is 7.35. The molecular weight excluding hydrogens is 428 g/mol. The number of fused-ring (bicyclic) bond motifs is 3. The second-order valence-electron chi connectivity index (χ2n) is 8.87. The van der Waals surface area contributed by atoms with Gasteiger partial charge in [-0.1, -0.05) is 11.6 Å². The molecule has 0 N–H and O–H groups in total. The number of rotatable bonds is 4. The van der Waals surface area contributed by atoms with Crippen molar-refractivity contribution in [3.8, 4) is 6.01 Å². The number of anilines is 1. The van der Waals surface area contributed by atoms with Gasteiger partial charge in [0.2, 0.25) is 0 Å². The van der Waals surface area contributed by atoms with Crippen molar-refractivity contribution in [3.05, 3.63) is 17.2 Å². The molecule has 0 unspecified atom stereocenters. The van der Waals surface area contributed by atoms with Crippen molar-refractivity contribution in [2.45, 2.75) is 43.4 Å². The van der Waals surface area contributed by atoms with Crippen LogP contribution in [0.1, 0.15) is 28.4 Å². The van der Waals surface area contributed by atoms with Gasteiger partial charge in [-0.3, -0.25) is 4.90 Å². The van der Waals surface area contributed by atoms with Gasteiger partial charge in [0.25, 0.3) is 0 Å². The Labute approximate surface area is 186 Å². The zero-order chi connectivity index (χ0) is 23.0. The summed E-state index contributed by atoms with van der Waals surface area (Å²) in [6, 6.07) is -0.102. The fourth-order valence-corrected chi connectivity index (χ4v) is 5.42. The van der Waals surface area contributed by atoms with E-state index in [9.17, 15) is 8.78 Å². The van der Waals surface area contributed by atoms with Crippen molar-refractivity contribution < 1.29 is 21.0 Å². The lowest BCUT2D eigenvalue weighted by Crippen LogP contribution is -2.43. The van der Waals surface area contributed by atoms with E-state index in [0.717, 1.165) is 12.8 Å². The highest BCUT2D eigenvalue weighted by atomic mass is 35.5. The van der Waals surface area contributed by atoms with Gasteiger partial charge in [0.05, 0.1) is 26.9 Å². The first-order chi connectivity index (χ1) is 15.8. The van der Waals surface area contributed by atoms with Crippen molar-refractivity contribution in [3.63, 3.8) is 0 Å². The third-order valence-corrected chi connectivity index (χ3v) is 7.16. The average molecular weight is 454 g/mol. The summed E-state index contributed by atoms with van der Waals surface area (Å²) in [6.45, 7) is 0.225. The Kier molecular flexibility index (Phi) is 4.19. The zero-order valence-electron chi connectivity index (χ0n) is 18.9. The van der Waals surface area contributed by atoms with Crippen molar-refractivity contribution in [2.24, 2.45) is 5.92 Å². The molecule has 0 bridgehead atoms. The van der Waals surface area contributed by atoms with Crippen LogP contribution >= 0.6 is 11.6 Å². The van der Waals surface area contributed by atoms with Gasteiger partial charge in [-0.25, -0.2) is 13.8 Å². The van der Waals surface area contributed by atoms with Gasteiger partial charge < -0.3 is 14.4 Å². The molecule has 0 aromatic carbocycles. The Bertz CT molecular complexity index is 1110. The summed E-state index contributed by atoms with van der Waals surface area (Å²) in [5, 5.41) is 0.0453. The number of hydrogen-bond donors (Lipinski definition) is 0. The summed E-state index contributed by atoms with van der Waals surface area (Å²) in [4.78, 5) is 16.5. The van der Waals surface area contributed by atoms with E-state index in [4.69, 9.17) is 23.8 Å². The van der Waals surface area contributed by atoms with E-state index >= 15 is 0 Å². The van der Waals surface area contributed by atoms with Gasteiger partial charge >= 0.3 is 6.01 Å². The highest BCUT2D eigenvalue weighted by Crippen LogP contribution is 2.43. The van der Waals surface area contributed by atoms with E-state index in [1.165, 1.54) is 6.20 Å². The molecule has 10 heteroatoms. The molecule has 31 heavy (non-hydrogen) atoms. The Morgan fingerprint density at radius 3 is 3.19 bits per heavy atom. The number of alkyl halides is 1. The fourth-order valence-electron chi connectivity index (χ4n) is 5.28. The maximum Gasteiger partial charge on any atom is 0.319 e. The van der Waals surface area contributed by atoms with Crippen LogP contribution in [0.4, 0.5) is 14.6 Å². The average Bonchev–Trinajstić information content (AvgIpc) is 3.34. The highest BCUT2D eigenvalue weighted by Gasteiger charge is 2.49. The standard InChI is InChI=1S/C21H24ClF2N5O2/c22-18-16(24)17-14(8-25-18)19(29-4-5-30-10-12-6-15(12)29)27-20(26-17)31-11-21-2-1-3-28(21)9-13(23)7-21/h8,12-13,15H,1-7,9-11H2/t12-,13-,15-,21+/m1/s1/i11D2. The molecular formula is C21H24ClF2N5O2. The summed E-state index contributed by atoms with van der Waals surface area (Å²) < 4.78 is 58.2. The van der Waals surface area contributed by atoms with Crippen LogP contribution in [0.5, 0.6) is 6.01 Å². The normalized spacial score (nSPS) is 34.2. The summed E-state index contributed by atoms with van der Waals surface area (Å²) >= 11 is 5.92. The molecule has 3 aliphatic heterocycles.